The van der Waals surface area contributed by atoms with Crippen LogP contribution in [-0.4, -0.2) is 37.9 Å². The molecular formula is C6H5F7O3. The van der Waals surface area contributed by atoms with Gasteiger partial charge in [0.2, 0.25) is 0 Å². The van der Waals surface area contributed by atoms with Gasteiger partial charge in [-0.3, -0.25) is 0 Å². The van der Waals surface area contributed by atoms with Crippen LogP contribution in [0.2, 0.25) is 0 Å². The zero-order valence-corrected chi connectivity index (χ0v) is 7.36. The van der Waals surface area contributed by atoms with Gasteiger partial charge in [0.15, 0.2) is 13.2 Å². The minimum atomic E-state index is -4.86. The summed E-state index contributed by atoms with van der Waals surface area (Å²) in [4.78, 5) is 10.2. The molecule has 0 aliphatic heterocycles. The Bertz CT molecular complexity index is 237. The summed E-state index contributed by atoms with van der Waals surface area (Å²) in [6.45, 7) is -4.10. The van der Waals surface area contributed by atoms with Gasteiger partial charge in [0.1, 0.15) is 0 Å². The molecule has 3 nitrogen and oxygen atoms in total. The molecule has 0 unspecified atom stereocenters. The lowest BCUT2D eigenvalue weighted by atomic mass is 10.4. The molecule has 0 aliphatic rings. The van der Waals surface area contributed by atoms with Crippen LogP contribution >= 0.6 is 0 Å². The Hall–Kier alpha value is -1.22. The monoisotopic (exact) mass is 258 g/mol. The van der Waals surface area contributed by atoms with Gasteiger partial charge in [-0.15, -0.1) is 0 Å². The first-order chi connectivity index (χ1) is 7.04. The van der Waals surface area contributed by atoms with E-state index < -0.39 is 37.9 Å². The van der Waals surface area contributed by atoms with Crippen molar-refractivity contribution < 1.29 is 45.0 Å². The number of carbonyl (C=O) groups excluding carboxylic acids is 1. The van der Waals surface area contributed by atoms with Crippen LogP contribution in [0, 0.1) is 0 Å². The number of halogens is 7. The van der Waals surface area contributed by atoms with Crippen LogP contribution in [0.15, 0.2) is 0 Å². The van der Waals surface area contributed by atoms with Gasteiger partial charge in [0, 0.05) is 0 Å². The zero-order chi connectivity index (χ0) is 13.0. The van der Waals surface area contributed by atoms with Crippen molar-refractivity contribution in [3.63, 3.8) is 0 Å². The summed E-state index contributed by atoms with van der Waals surface area (Å²) >= 11 is 0. The maximum Gasteiger partial charge on any atom is 0.508 e. The minimum Gasteiger partial charge on any atom is -0.428 e. The quantitative estimate of drug-likeness (QED) is 0.574. The molecule has 96 valence electrons. The van der Waals surface area contributed by atoms with Gasteiger partial charge in [-0.05, 0) is 0 Å². The van der Waals surface area contributed by atoms with Crippen molar-refractivity contribution in [1.29, 1.82) is 0 Å². The molecule has 0 radical (unpaired) electrons. The van der Waals surface area contributed by atoms with E-state index in [9.17, 15) is 35.5 Å². The maximum atomic E-state index is 12.1. The average Bonchev–Trinajstić information content (AvgIpc) is 2.10. The highest BCUT2D eigenvalue weighted by Crippen LogP contribution is 2.23. The predicted molar refractivity (Wildman–Crippen MR) is 34.3 cm³/mol. The Morgan fingerprint density at radius 1 is 1.00 bits per heavy atom. The van der Waals surface area contributed by atoms with Crippen LogP contribution in [0.4, 0.5) is 35.5 Å². The van der Waals surface area contributed by atoms with E-state index >= 15 is 0 Å². The van der Waals surface area contributed by atoms with Crippen molar-refractivity contribution >= 4 is 6.16 Å². The lowest BCUT2D eigenvalue weighted by molar-refractivity contribution is -0.178. The molecule has 0 fully saturated rings. The normalized spacial score (nSPS) is 12.8. The first-order valence-electron chi connectivity index (χ1n) is 3.57. The van der Waals surface area contributed by atoms with E-state index in [2.05, 4.69) is 9.47 Å². The number of hydrogen-bond acceptors (Lipinski definition) is 3. The summed E-state index contributed by atoms with van der Waals surface area (Å²) in [5.41, 5.74) is 0. The van der Waals surface area contributed by atoms with Crippen LogP contribution in [0.3, 0.4) is 0 Å². The van der Waals surface area contributed by atoms with Gasteiger partial charge >= 0.3 is 24.7 Å². The minimum absolute atomic E-state index is 2.05. The molecule has 0 saturated carbocycles. The van der Waals surface area contributed by atoms with Crippen molar-refractivity contribution in [2.24, 2.45) is 0 Å². The lowest BCUT2D eigenvalue weighted by Crippen LogP contribution is -2.34. The van der Waals surface area contributed by atoms with E-state index in [1.165, 1.54) is 0 Å². The van der Waals surface area contributed by atoms with Crippen LogP contribution in [0.25, 0.3) is 0 Å². The summed E-state index contributed by atoms with van der Waals surface area (Å²) in [5.74, 6) is -4.63. The van der Waals surface area contributed by atoms with Crippen molar-refractivity contribution in [3.05, 3.63) is 0 Å². The molecule has 0 N–H and O–H groups in total. The number of alkyl halides is 7. The van der Waals surface area contributed by atoms with Crippen molar-refractivity contribution in [1.82, 2.24) is 0 Å². The molecule has 0 aromatic rings. The third kappa shape index (κ3) is 6.30. The van der Waals surface area contributed by atoms with Crippen molar-refractivity contribution in [3.8, 4) is 0 Å². The molecule has 16 heavy (non-hydrogen) atoms. The molecule has 0 rings (SSSR count). The van der Waals surface area contributed by atoms with Crippen LogP contribution < -0.4 is 0 Å². The van der Waals surface area contributed by atoms with E-state index in [1.54, 1.807) is 0 Å². The highest BCUT2D eigenvalue weighted by Gasteiger charge is 2.42. The molecule has 10 heteroatoms. The summed E-state index contributed by atoms with van der Waals surface area (Å²) in [5, 5.41) is 0. The molecule has 0 heterocycles. The molecule has 0 amide bonds. The molecule has 0 atom stereocenters. The maximum absolute atomic E-state index is 12.1. The second-order valence-electron chi connectivity index (χ2n) is 2.50. The van der Waals surface area contributed by atoms with Gasteiger partial charge in [0.25, 0.3) is 0 Å². The number of hydrogen-bond donors (Lipinski definition) is 0. The fourth-order valence-corrected chi connectivity index (χ4v) is 0.401. The predicted octanol–water partition coefficient (Wildman–Crippen LogP) is 2.60. The zero-order valence-electron chi connectivity index (χ0n) is 7.36. The SMILES string of the molecule is O=C(OCC(F)(F)F)OCC(F)(F)C(F)F. The topological polar surface area (TPSA) is 35.5 Å². The van der Waals surface area contributed by atoms with E-state index in [-0.39, 0.29) is 0 Å². The van der Waals surface area contributed by atoms with E-state index in [0.29, 0.717) is 0 Å². The lowest BCUT2D eigenvalue weighted by Gasteiger charge is -2.15. The standard InChI is InChI=1S/C6H5F7O3/c7-3(8)5(9,10)1-15-4(14)16-2-6(11,12)13/h3H,1-2H2. The van der Waals surface area contributed by atoms with Crippen LogP contribution in [0.5, 0.6) is 0 Å². The largest absolute Gasteiger partial charge is 0.508 e. The Morgan fingerprint density at radius 2 is 1.44 bits per heavy atom. The number of carbonyl (C=O) groups is 1. The van der Waals surface area contributed by atoms with Crippen LogP contribution in [0.1, 0.15) is 0 Å². The van der Waals surface area contributed by atoms with Gasteiger partial charge in [0.05, 0.1) is 0 Å². The second kappa shape index (κ2) is 5.21. The average molecular weight is 258 g/mol. The van der Waals surface area contributed by atoms with Crippen molar-refractivity contribution in [2.45, 2.75) is 18.5 Å². The Balaban J connectivity index is 3.91. The van der Waals surface area contributed by atoms with Gasteiger partial charge < -0.3 is 9.47 Å². The molecule has 0 aromatic carbocycles. The fourth-order valence-electron chi connectivity index (χ4n) is 0.401. The highest BCUT2D eigenvalue weighted by molar-refractivity contribution is 5.59. The summed E-state index contributed by atoms with van der Waals surface area (Å²) in [6.07, 6.45) is -11.1. The Kier molecular flexibility index (Phi) is 4.81. The first-order valence-corrected chi connectivity index (χ1v) is 3.57. The third-order valence-electron chi connectivity index (χ3n) is 1.06. The number of rotatable bonds is 4. The Morgan fingerprint density at radius 3 is 1.81 bits per heavy atom. The molecule has 0 spiro atoms. The Labute approximate surface area is 84.1 Å². The number of ether oxygens (including phenoxy) is 2. The molecule has 0 aromatic heterocycles. The van der Waals surface area contributed by atoms with E-state index in [0.717, 1.165) is 0 Å². The van der Waals surface area contributed by atoms with Gasteiger partial charge in [-0.1, -0.05) is 0 Å². The first kappa shape index (κ1) is 14.8. The van der Waals surface area contributed by atoms with Gasteiger partial charge in [-0.25, -0.2) is 13.6 Å². The molecular weight excluding hydrogens is 253 g/mol. The van der Waals surface area contributed by atoms with E-state index in [1.807, 2.05) is 0 Å². The molecule has 0 aliphatic carbocycles. The molecule has 0 bridgehead atoms. The summed E-state index contributed by atoms with van der Waals surface area (Å²) < 4.78 is 88.0. The fraction of sp³-hybridized carbons (Fsp3) is 0.833. The highest BCUT2D eigenvalue weighted by atomic mass is 19.4. The van der Waals surface area contributed by atoms with Crippen molar-refractivity contribution in [2.75, 3.05) is 13.2 Å². The van der Waals surface area contributed by atoms with Crippen LogP contribution in [-0.2, 0) is 9.47 Å². The second-order valence-corrected chi connectivity index (χ2v) is 2.50. The summed E-state index contributed by atoms with van der Waals surface area (Å²) in [7, 11) is 0. The van der Waals surface area contributed by atoms with E-state index in [4.69, 9.17) is 0 Å². The third-order valence-corrected chi connectivity index (χ3v) is 1.06. The molecule has 0 saturated heterocycles. The smallest absolute Gasteiger partial charge is 0.428 e. The summed E-state index contributed by atoms with van der Waals surface area (Å²) in [6, 6.07) is 0. The van der Waals surface area contributed by atoms with Gasteiger partial charge in [-0.2, -0.15) is 22.0 Å².